The summed E-state index contributed by atoms with van der Waals surface area (Å²) < 4.78 is 38.0. The molecule has 0 spiro atoms. The fourth-order valence-electron chi connectivity index (χ4n) is 2.11. The van der Waals surface area contributed by atoms with Gasteiger partial charge in [-0.2, -0.15) is 5.26 Å². The summed E-state index contributed by atoms with van der Waals surface area (Å²) in [5.74, 6) is 0. The molecule has 0 saturated heterocycles. The van der Waals surface area contributed by atoms with Gasteiger partial charge in [0.2, 0.25) is 6.54 Å². The number of aliphatic hydroxyl groups excluding tert-OH is 4. The Balaban J connectivity index is -0.000000160. The predicted molar refractivity (Wildman–Crippen MR) is 139 cm³/mol. The van der Waals surface area contributed by atoms with E-state index in [0.29, 0.717) is 45.8 Å². The molecule has 16 heteroatoms. The molecule has 0 aromatic heterocycles. The third-order valence-corrected chi connectivity index (χ3v) is 3.76. The Kier molecular flexibility index (Phi) is 47.3. The van der Waals surface area contributed by atoms with Crippen molar-refractivity contribution in [3.8, 4) is 6.07 Å². The zero-order valence-electron chi connectivity index (χ0n) is 24.1. The second kappa shape index (κ2) is 41.0. The minimum Gasteiger partial charge on any atom is -0.553 e. The van der Waals surface area contributed by atoms with E-state index in [0.717, 1.165) is 0 Å². The van der Waals surface area contributed by atoms with E-state index in [-0.39, 0.29) is 52.9 Å². The van der Waals surface area contributed by atoms with Crippen molar-refractivity contribution in [2.24, 2.45) is 0 Å². The molecule has 0 saturated carbocycles. The van der Waals surface area contributed by atoms with Crippen LogP contribution in [0.5, 0.6) is 0 Å². The number of rotatable bonds is 24. The maximum absolute atomic E-state index is 9.21. The largest absolute Gasteiger partial charge is 0.553 e. The second-order valence-corrected chi connectivity index (χ2v) is 7.54. The van der Waals surface area contributed by atoms with Crippen LogP contribution < -0.4 is 0 Å². The first-order chi connectivity index (χ1) is 18.8. The molecular formula is C25H46N2O12Rf2-4. The molecule has 0 aromatic carbocycles. The van der Waals surface area contributed by atoms with Gasteiger partial charge in [0.05, 0.1) is 69.9 Å². The molecule has 0 radical (unpaired) electrons. The SMILES string of the molecule is [C-]#[N+]CCOCC(O)CO[CH2-].[CH2-]OCC(O)COCCC#N.[CH2-]OCC(O)COCCCOCC(O)CO[CH2-].[Rf].[Rf]. The number of hydrogen-bond donors (Lipinski definition) is 4. The van der Waals surface area contributed by atoms with Crippen LogP contribution in [-0.2, 0) is 37.9 Å². The average molecular weight is 1100 g/mol. The molecule has 0 amide bonds. The second-order valence-electron chi connectivity index (χ2n) is 7.54. The van der Waals surface area contributed by atoms with Crippen molar-refractivity contribution in [3.63, 3.8) is 0 Å². The molecule has 0 fully saturated rings. The van der Waals surface area contributed by atoms with Crippen molar-refractivity contribution in [2.75, 3.05) is 85.8 Å². The Morgan fingerprint density at radius 3 is 1.20 bits per heavy atom. The average Bonchev–Trinajstić information content (AvgIpc) is 2.90. The van der Waals surface area contributed by atoms with Crippen LogP contribution in [0.25, 0.3) is 4.85 Å². The van der Waals surface area contributed by atoms with E-state index in [1.807, 2.05) is 6.07 Å². The standard InChI is InChI=1S/C11H22O6.2C7H12NO3.2Rf/c1-14-6-10(12)8-16-4-3-5-17-9-11(13)7-15-2;1-8-3-4-11-6-7(9)5-10-2;1-10-5-7(9)6-11-4-2-3-8;;/h10-13H,1-9H2;7,9H,2-6H2;7,9H,1-2,4-6H2;;/q-2;2*-1;;. The first kappa shape index (κ1) is 47.3. The van der Waals surface area contributed by atoms with Crippen molar-refractivity contribution in [1.82, 2.24) is 0 Å². The fourth-order valence-corrected chi connectivity index (χ4v) is 2.11. The van der Waals surface area contributed by atoms with E-state index in [4.69, 9.17) is 41.0 Å². The summed E-state index contributed by atoms with van der Waals surface area (Å²) in [6, 6.07) is 1.92. The molecule has 0 heterocycles. The molecule has 0 bridgehead atoms. The van der Waals surface area contributed by atoms with E-state index in [1.165, 1.54) is 0 Å². The van der Waals surface area contributed by atoms with E-state index in [1.54, 1.807) is 0 Å². The van der Waals surface area contributed by atoms with Crippen molar-refractivity contribution >= 4 is 0 Å². The van der Waals surface area contributed by atoms with Crippen molar-refractivity contribution in [2.45, 2.75) is 37.3 Å². The summed E-state index contributed by atoms with van der Waals surface area (Å²) in [4.78, 5) is 3.08. The zero-order chi connectivity index (χ0) is 30.0. The Bertz CT molecular complexity index is 514. The molecule has 4 unspecified atom stereocenters. The smallest absolute Gasteiger partial charge is 0.237 e. The van der Waals surface area contributed by atoms with Crippen LogP contribution in [0, 0.1) is 46.3 Å². The third-order valence-electron chi connectivity index (χ3n) is 3.76. The predicted octanol–water partition coefficient (Wildman–Crippen LogP) is -0.0750. The molecule has 0 aliphatic heterocycles. The number of nitriles is 1. The van der Waals surface area contributed by atoms with Crippen molar-refractivity contribution in [3.05, 3.63) is 39.9 Å². The third kappa shape index (κ3) is 46.7. The monoisotopic (exact) mass is 1100 g/mol. The molecule has 14 nitrogen and oxygen atoms in total. The summed E-state index contributed by atoms with van der Waals surface area (Å²) in [6.45, 7) is 9.89. The summed E-state index contributed by atoms with van der Waals surface area (Å²) >= 11 is 0. The molecule has 0 aromatic rings. The van der Waals surface area contributed by atoms with Gasteiger partial charge in [-0.3, -0.25) is 0 Å². The van der Waals surface area contributed by atoms with Gasteiger partial charge in [0, 0.05) is 39.6 Å². The molecule has 0 aliphatic rings. The minimum absolute atomic E-state index is 0. The zero-order valence-corrected chi connectivity index (χ0v) is 36.9. The van der Waals surface area contributed by atoms with Gasteiger partial charge in [0.15, 0.2) is 0 Å². The van der Waals surface area contributed by atoms with Gasteiger partial charge >= 0.3 is 0 Å². The van der Waals surface area contributed by atoms with Crippen LogP contribution in [0.1, 0.15) is 12.8 Å². The molecule has 0 aliphatic carbocycles. The van der Waals surface area contributed by atoms with Crippen LogP contribution >= 0.6 is 0 Å². The maximum atomic E-state index is 9.21. The van der Waals surface area contributed by atoms with Gasteiger partial charge in [-0.25, -0.2) is 35.0 Å². The van der Waals surface area contributed by atoms with Gasteiger partial charge in [-0.1, -0.05) is 0 Å². The molecular weight excluding hydrogens is 1050 g/mol. The first-order valence-corrected chi connectivity index (χ1v) is 12.0. The Morgan fingerprint density at radius 2 is 0.902 bits per heavy atom. The quantitative estimate of drug-likeness (QED) is 0.0746. The van der Waals surface area contributed by atoms with E-state index in [2.05, 4.69) is 52.2 Å². The van der Waals surface area contributed by atoms with E-state index >= 15 is 0 Å². The molecule has 0 rings (SSSR count). The summed E-state index contributed by atoms with van der Waals surface area (Å²) in [7, 11) is 12.5. The summed E-state index contributed by atoms with van der Waals surface area (Å²) in [5, 5.41) is 44.5. The number of nitrogens with zero attached hydrogens (tertiary/aromatic N) is 2. The van der Waals surface area contributed by atoms with Crippen molar-refractivity contribution in [1.29, 1.82) is 5.26 Å². The van der Waals surface area contributed by atoms with Gasteiger partial charge in [0.25, 0.3) is 0 Å². The van der Waals surface area contributed by atoms with Crippen LogP contribution in [0.2, 0.25) is 0 Å². The fraction of sp³-hybridized carbons (Fsp3) is 0.760. The van der Waals surface area contributed by atoms with Gasteiger partial charge < -0.3 is 63.2 Å². The van der Waals surface area contributed by atoms with Crippen LogP contribution in [0.4, 0.5) is 0 Å². The first-order valence-electron chi connectivity index (χ1n) is 12.0. The van der Waals surface area contributed by atoms with E-state index in [9.17, 15) is 10.2 Å². The van der Waals surface area contributed by atoms with Gasteiger partial charge in [-0.05, 0) is 6.42 Å². The molecule has 4 atom stereocenters. The number of ether oxygens (including phenoxy) is 8. The van der Waals surface area contributed by atoms with Gasteiger partial charge in [0.1, 0.15) is 6.61 Å². The summed E-state index contributed by atoms with van der Waals surface area (Å²) in [6.07, 6.45) is -1.55. The molecule has 236 valence electrons. The number of aliphatic hydroxyl groups is 4. The van der Waals surface area contributed by atoms with Crippen molar-refractivity contribution < 1.29 is 58.3 Å². The van der Waals surface area contributed by atoms with Crippen LogP contribution in [0.15, 0.2) is 0 Å². The number of hydrogen-bond acceptors (Lipinski definition) is 13. The maximum Gasteiger partial charge on any atom is 0.237 e. The van der Waals surface area contributed by atoms with Gasteiger partial charge in [-0.15, -0.1) is 0 Å². The Morgan fingerprint density at radius 1 is 0.585 bits per heavy atom. The van der Waals surface area contributed by atoms with Crippen LogP contribution in [-0.4, -0.2) is 131 Å². The topological polar surface area (TPSA) is 183 Å². The van der Waals surface area contributed by atoms with Crippen LogP contribution in [0.3, 0.4) is 0 Å². The van der Waals surface area contributed by atoms with E-state index < -0.39 is 24.4 Å². The minimum atomic E-state index is -0.649. The molecule has 41 heavy (non-hydrogen) atoms. The normalized spacial score (nSPS) is 12.8. The molecule has 4 N–H and O–H groups in total. The summed E-state index contributed by atoms with van der Waals surface area (Å²) in [5.41, 5.74) is 0. The Hall–Kier alpha value is -3.50. The Labute approximate surface area is 233 Å².